The molecular weight excluding hydrogens is 328 g/mol. The lowest BCUT2D eigenvalue weighted by Crippen LogP contribution is -2.27. The van der Waals surface area contributed by atoms with Crippen LogP contribution in [0.15, 0.2) is 35.1 Å². The SMILES string of the molecule is CCCNCC(Cc1ccccc1Br)Cc1ncnn1C. The molecule has 5 heteroatoms. The Kier molecular flexibility index (Phi) is 6.39. The average molecular weight is 351 g/mol. The van der Waals surface area contributed by atoms with Crippen LogP contribution < -0.4 is 5.32 Å². The number of aromatic nitrogens is 3. The summed E-state index contributed by atoms with van der Waals surface area (Å²) >= 11 is 3.65. The van der Waals surface area contributed by atoms with Gasteiger partial charge in [0.2, 0.25) is 0 Å². The monoisotopic (exact) mass is 350 g/mol. The van der Waals surface area contributed by atoms with E-state index < -0.39 is 0 Å². The number of halogens is 1. The summed E-state index contributed by atoms with van der Waals surface area (Å²) in [5.41, 5.74) is 1.35. The van der Waals surface area contributed by atoms with Gasteiger partial charge in [-0.15, -0.1) is 0 Å². The first kappa shape index (κ1) is 16.2. The zero-order valence-electron chi connectivity index (χ0n) is 12.7. The molecule has 4 nitrogen and oxygen atoms in total. The summed E-state index contributed by atoms with van der Waals surface area (Å²) < 4.78 is 3.05. The van der Waals surface area contributed by atoms with E-state index in [0.717, 1.165) is 38.2 Å². The van der Waals surface area contributed by atoms with Gasteiger partial charge in [-0.25, -0.2) is 4.98 Å². The third-order valence-corrected chi connectivity index (χ3v) is 4.38. The fraction of sp³-hybridized carbons (Fsp3) is 0.500. The predicted molar refractivity (Wildman–Crippen MR) is 89.2 cm³/mol. The third-order valence-electron chi connectivity index (χ3n) is 3.60. The number of hydrogen-bond donors (Lipinski definition) is 1. The van der Waals surface area contributed by atoms with Gasteiger partial charge in [-0.3, -0.25) is 4.68 Å². The fourth-order valence-corrected chi connectivity index (χ4v) is 2.88. The Hall–Kier alpha value is -1.20. The highest BCUT2D eigenvalue weighted by atomic mass is 79.9. The zero-order valence-corrected chi connectivity index (χ0v) is 14.3. The minimum Gasteiger partial charge on any atom is -0.316 e. The zero-order chi connectivity index (χ0) is 15.1. The van der Waals surface area contributed by atoms with Crippen LogP contribution in [0.3, 0.4) is 0 Å². The van der Waals surface area contributed by atoms with Crippen LogP contribution in [-0.2, 0) is 19.9 Å². The van der Waals surface area contributed by atoms with Gasteiger partial charge in [-0.1, -0.05) is 41.1 Å². The van der Waals surface area contributed by atoms with Gasteiger partial charge < -0.3 is 5.32 Å². The Morgan fingerprint density at radius 2 is 2.10 bits per heavy atom. The summed E-state index contributed by atoms with van der Waals surface area (Å²) in [5.74, 6) is 1.56. The molecule has 0 aliphatic heterocycles. The lowest BCUT2D eigenvalue weighted by molar-refractivity contribution is 0.452. The highest BCUT2D eigenvalue weighted by Crippen LogP contribution is 2.21. The molecule has 1 aromatic heterocycles. The van der Waals surface area contributed by atoms with E-state index in [-0.39, 0.29) is 0 Å². The number of nitrogens with zero attached hydrogens (tertiary/aromatic N) is 3. The van der Waals surface area contributed by atoms with Crippen molar-refractivity contribution in [1.82, 2.24) is 20.1 Å². The molecule has 1 atom stereocenters. The second-order valence-electron chi connectivity index (χ2n) is 5.37. The molecule has 0 saturated carbocycles. The van der Waals surface area contributed by atoms with Crippen LogP contribution >= 0.6 is 15.9 Å². The number of benzene rings is 1. The van der Waals surface area contributed by atoms with Crippen molar-refractivity contribution in [2.75, 3.05) is 13.1 Å². The molecule has 0 fully saturated rings. The van der Waals surface area contributed by atoms with Gasteiger partial charge in [0.1, 0.15) is 12.2 Å². The van der Waals surface area contributed by atoms with E-state index in [1.54, 1.807) is 6.33 Å². The number of aryl methyl sites for hydroxylation is 1. The molecule has 2 rings (SSSR count). The van der Waals surface area contributed by atoms with E-state index in [4.69, 9.17) is 0 Å². The van der Waals surface area contributed by atoms with Crippen LogP contribution in [0.2, 0.25) is 0 Å². The van der Waals surface area contributed by atoms with Crippen molar-refractivity contribution < 1.29 is 0 Å². The van der Waals surface area contributed by atoms with Gasteiger partial charge >= 0.3 is 0 Å². The molecule has 114 valence electrons. The fourth-order valence-electron chi connectivity index (χ4n) is 2.44. The summed E-state index contributed by atoms with van der Waals surface area (Å²) in [6.07, 6.45) is 4.76. The molecule has 2 aromatic rings. The standard InChI is InChI=1S/C16H23BrN4/c1-3-8-18-11-13(10-16-19-12-20-21(16)2)9-14-6-4-5-7-15(14)17/h4-7,12-13,18H,3,8-11H2,1-2H3. The van der Waals surface area contributed by atoms with Crippen molar-refractivity contribution in [1.29, 1.82) is 0 Å². The maximum absolute atomic E-state index is 4.36. The summed E-state index contributed by atoms with van der Waals surface area (Å²) in [7, 11) is 1.96. The van der Waals surface area contributed by atoms with Crippen molar-refractivity contribution in [3.8, 4) is 0 Å². The first-order valence-electron chi connectivity index (χ1n) is 7.47. The summed E-state index contributed by atoms with van der Waals surface area (Å²) in [6, 6.07) is 8.45. The molecule has 1 N–H and O–H groups in total. The van der Waals surface area contributed by atoms with Crippen molar-refractivity contribution in [3.05, 3.63) is 46.5 Å². The molecule has 1 heterocycles. The topological polar surface area (TPSA) is 42.7 Å². The van der Waals surface area contributed by atoms with E-state index in [9.17, 15) is 0 Å². The van der Waals surface area contributed by atoms with Gasteiger partial charge in [-0.2, -0.15) is 5.10 Å². The molecule has 0 radical (unpaired) electrons. The van der Waals surface area contributed by atoms with E-state index in [1.165, 1.54) is 10.0 Å². The van der Waals surface area contributed by atoms with Crippen LogP contribution in [-0.4, -0.2) is 27.9 Å². The van der Waals surface area contributed by atoms with Gasteiger partial charge in [0, 0.05) is 17.9 Å². The molecule has 0 spiro atoms. The summed E-state index contributed by atoms with van der Waals surface area (Å²) in [5, 5.41) is 7.70. The normalized spacial score (nSPS) is 12.5. The van der Waals surface area contributed by atoms with Gasteiger partial charge in [-0.05, 0) is 43.5 Å². The van der Waals surface area contributed by atoms with Gasteiger partial charge in [0.05, 0.1) is 0 Å². The van der Waals surface area contributed by atoms with Crippen LogP contribution in [0, 0.1) is 5.92 Å². The van der Waals surface area contributed by atoms with E-state index >= 15 is 0 Å². The van der Waals surface area contributed by atoms with Crippen LogP contribution in [0.25, 0.3) is 0 Å². The quantitative estimate of drug-likeness (QED) is 0.744. The Bertz CT molecular complexity index is 553. The lowest BCUT2D eigenvalue weighted by Gasteiger charge is -2.18. The van der Waals surface area contributed by atoms with E-state index in [2.05, 4.69) is 62.5 Å². The Morgan fingerprint density at radius 3 is 2.76 bits per heavy atom. The third kappa shape index (κ3) is 4.93. The maximum atomic E-state index is 4.36. The van der Waals surface area contributed by atoms with E-state index in [0.29, 0.717) is 5.92 Å². The molecule has 1 aromatic carbocycles. The smallest absolute Gasteiger partial charge is 0.138 e. The summed E-state index contributed by atoms with van der Waals surface area (Å²) in [4.78, 5) is 4.36. The second kappa shape index (κ2) is 8.29. The Morgan fingerprint density at radius 1 is 1.29 bits per heavy atom. The molecule has 1 unspecified atom stereocenters. The van der Waals surface area contributed by atoms with Gasteiger partial charge in [0.25, 0.3) is 0 Å². The Labute approximate surface area is 135 Å². The Balaban J connectivity index is 2.04. The molecule has 0 aliphatic carbocycles. The highest BCUT2D eigenvalue weighted by molar-refractivity contribution is 9.10. The predicted octanol–water partition coefficient (Wildman–Crippen LogP) is 2.98. The van der Waals surface area contributed by atoms with Crippen LogP contribution in [0.4, 0.5) is 0 Å². The molecule has 0 bridgehead atoms. The van der Waals surface area contributed by atoms with E-state index in [1.807, 2.05) is 11.7 Å². The molecule has 0 aliphatic rings. The van der Waals surface area contributed by atoms with Gasteiger partial charge in [0.15, 0.2) is 0 Å². The first-order chi connectivity index (χ1) is 10.2. The number of rotatable bonds is 8. The summed E-state index contributed by atoms with van der Waals surface area (Å²) in [6.45, 7) is 4.26. The molecule has 21 heavy (non-hydrogen) atoms. The second-order valence-corrected chi connectivity index (χ2v) is 6.22. The minimum absolute atomic E-state index is 0.512. The van der Waals surface area contributed by atoms with Crippen molar-refractivity contribution in [2.24, 2.45) is 13.0 Å². The number of nitrogens with one attached hydrogen (secondary N) is 1. The molecule has 0 saturated heterocycles. The van der Waals surface area contributed by atoms with Crippen molar-refractivity contribution in [2.45, 2.75) is 26.2 Å². The maximum Gasteiger partial charge on any atom is 0.138 e. The van der Waals surface area contributed by atoms with Crippen LogP contribution in [0.5, 0.6) is 0 Å². The highest BCUT2D eigenvalue weighted by Gasteiger charge is 2.15. The average Bonchev–Trinajstić information content (AvgIpc) is 2.87. The number of hydrogen-bond acceptors (Lipinski definition) is 3. The van der Waals surface area contributed by atoms with Crippen molar-refractivity contribution in [3.63, 3.8) is 0 Å². The lowest BCUT2D eigenvalue weighted by atomic mass is 9.95. The first-order valence-corrected chi connectivity index (χ1v) is 8.27. The molecular formula is C16H23BrN4. The van der Waals surface area contributed by atoms with Crippen molar-refractivity contribution >= 4 is 15.9 Å². The molecule has 0 amide bonds. The largest absolute Gasteiger partial charge is 0.316 e. The van der Waals surface area contributed by atoms with Crippen LogP contribution in [0.1, 0.15) is 24.7 Å². The minimum atomic E-state index is 0.512.